The summed E-state index contributed by atoms with van der Waals surface area (Å²) in [7, 11) is 0. The van der Waals surface area contributed by atoms with E-state index in [2.05, 4.69) is 38.4 Å². The van der Waals surface area contributed by atoms with E-state index in [1.54, 1.807) is 0 Å². The Bertz CT molecular complexity index is 406. The summed E-state index contributed by atoms with van der Waals surface area (Å²) in [4.78, 5) is 4.56. The van der Waals surface area contributed by atoms with E-state index in [4.69, 9.17) is 5.73 Å². The number of aromatic nitrogens is 1. The number of pyridine rings is 1. The molecule has 98 valence electrons. The van der Waals surface area contributed by atoms with Crippen LogP contribution in [0, 0.1) is 17.8 Å². The molecule has 0 bridgehead atoms. The molecule has 3 nitrogen and oxygen atoms in total. The molecule has 4 heteroatoms. The third kappa shape index (κ3) is 2.33. The maximum atomic E-state index is 5.69. The summed E-state index contributed by atoms with van der Waals surface area (Å²) in [6.45, 7) is 1.98. The molecule has 1 aromatic heterocycles. The zero-order chi connectivity index (χ0) is 12.5. The van der Waals surface area contributed by atoms with Crippen LogP contribution in [0.25, 0.3) is 0 Å². The highest BCUT2D eigenvalue weighted by Gasteiger charge is 2.43. The molecule has 0 radical (unpaired) electrons. The maximum Gasteiger partial charge on any atom is 0.0576 e. The molecule has 3 N–H and O–H groups in total. The number of nitrogens with one attached hydrogen (secondary N) is 1. The van der Waals surface area contributed by atoms with Gasteiger partial charge in [-0.2, -0.15) is 0 Å². The summed E-state index contributed by atoms with van der Waals surface area (Å²) in [5.74, 6) is 2.43. The summed E-state index contributed by atoms with van der Waals surface area (Å²) >= 11 is 3.44. The summed E-state index contributed by atoms with van der Waals surface area (Å²) in [5, 5.41) is 3.65. The van der Waals surface area contributed by atoms with Gasteiger partial charge in [-0.25, -0.2) is 0 Å². The van der Waals surface area contributed by atoms with E-state index in [9.17, 15) is 0 Å². The van der Waals surface area contributed by atoms with E-state index in [1.165, 1.54) is 25.0 Å². The first-order valence-electron chi connectivity index (χ1n) is 6.83. The molecule has 1 saturated carbocycles. The summed E-state index contributed by atoms with van der Waals surface area (Å²) < 4.78 is 1.05. The molecule has 0 unspecified atom stereocenters. The molecule has 2 fully saturated rings. The highest BCUT2D eigenvalue weighted by Crippen LogP contribution is 2.47. The Balaban J connectivity index is 1.73. The van der Waals surface area contributed by atoms with Gasteiger partial charge in [-0.15, -0.1) is 0 Å². The zero-order valence-electron chi connectivity index (χ0n) is 10.5. The summed E-state index contributed by atoms with van der Waals surface area (Å²) in [6, 6.07) is 4.68. The normalized spacial score (nSPS) is 34.8. The monoisotopic (exact) mass is 309 g/mol. The Hall–Kier alpha value is -0.450. The van der Waals surface area contributed by atoms with E-state index in [-0.39, 0.29) is 0 Å². The van der Waals surface area contributed by atoms with Crippen LogP contribution in [0.2, 0.25) is 0 Å². The van der Waals surface area contributed by atoms with Crippen LogP contribution in [0.4, 0.5) is 0 Å². The molecule has 18 heavy (non-hydrogen) atoms. The Kier molecular flexibility index (Phi) is 3.68. The lowest BCUT2D eigenvalue weighted by atomic mass is 9.91. The fourth-order valence-corrected chi connectivity index (χ4v) is 3.95. The van der Waals surface area contributed by atoms with Crippen molar-refractivity contribution in [3.8, 4) is 0 Å². The lowest BCUT2D eigenvalue weighted by Crippen LogP contribution is -2.20. The van der Waals surface area contributed by atoms with Crippen molar-refractivity contribution in [2.24, 2.45) is 23.5 Å². The number of hydrogen-bond acceptors (Lipinski definition) is 3. The minimum atomic E-state index is 0.450. The van der Waals surface area contributed by atoms with Crippen LogP contribution in [0.15, 0.2) is 22.8 Å². The first-order chi connectivity index (χ1) is 8.78. The van der Waals surface area contributed by atoms with E-state index in [0.717, 1.165) is 35.3 Å². The van der Waals surface area contributed by atoms with Gasteiger partial charge in [-0.05, 0) is 78.2 Å². The van der Waals surface area contributed by atoms with Gasteiger partial charge in [-0.3, -0.25) is 4.98 Å². The van der Waals surface area contributed by atoms with Crippen LogP contribution in [0.1, 0.15) is 31.0 Å². The number of nitrogens with zero attached hydrogens (tertiary/aromatic N) is 1. The first kappa shape index (κ1) is 12.6. The molecule has 0 amide bonds. The zero-order valence-corrected chi connectivity index (χ0v) is 12.1. The van der Waals surface area contributed by atoms with E-state index in [0.29, 0.717) is 6.04 Å². The van der Waals surface area contributed by atoms with Gasteiger partial charge in [0, 0.05) is 10.7 Å². The molecule has 1 saturated heterocycles. The van der Waals surface area contributed by atoms with Crippen molar-refractivity contribution in [3.63, 3.8) is 0 Å². The number of fused-ring (bicyclic) bond motifs is 1. The Labute approximate surface area is 117 Å². The SMILES string of the molecule is NCC[C@@H]1C[C@H]2CN[C@@H](c3ccc(Br)cn3)[C@@H]2C1. The lowest BCUT2D eigenvalue weighted by Gasteiger charge is -2.18. The van der Waals surface area contributed by atoms with Crippen molar-refractivity contribution >= 4 is 15.9 Å². The maximum absolute atomic E-state index is 5.69. The van der Waals surface area contributed by atoms with Gasteiger partial charge in [-0.1, -0.05) is 0 Å². The van der Waals surface area contributed by atoms with Crippen LogP contribution in [0.5, 0.6) is 0 Å². The van der Waals surface area contributed by atoms with Gasteiger partial charge in [0.15, 0.2) is 0 Å². The standard InChI is InChI=1S/C14H20BrN3/c15-11-1-2-13(17-8-11)14-12-6-9(3-4-16)5-10(12)7-18-14/h1-2,8-10,12,14,18H,3-7,16H2/t9-,10+,12-,14-/m1/s1. The van der Waals surface area contributed by atoms with Gasteiger partial charge < -0.3 is 11.1 Å². The summed E-state index contributed by atoms with van der Waals surface area (Å²) in [5.41, 5.74) is 6.88. The van der Waals surface area contributed by atoms with Crippen molar-refractivity contribution in [3.05, 3.63) is 28.5 Å². The fraction of sp³-hybridized carbons (Fsp3) is 0.643. The average Bonchev–Trinajstić information content (AvgIpc) is 2.90. The van der Waals surface area contributed by atoms with Crippen molar-refractivity contribution in [2.75, 3.05) is 13.1 Å². The molecule has 1 aliphatic heterocycles. The van der Waals surface area contributed by atoms with Gasteiger partial charge in [0.1, 0.15) is 0 Å². The second-order valence-electron chi connectivity index (χ2n) is 5.63. The van der Waals surface area contributed by atoms with Crippen LogP contribution in [-0.4, -0.2) is 18.1 Å². The van der Waals surface area contributed by atoms with Gasteiger partial charge in [0.05, 0.1) is 11.7 Å². The Morgan fingerprint density at radius 3 is 3.00 bits per heavy atom. The van der Waals surface area contributed by atoms with Crippen molar-refractivity contribution < 1.29 is 0 Å². The minimum Gasteiger partial charge on any atom is -0.330 e. The van der Waals surface area contributed by atoms with Crippen molar-refractivity contribution in [1.29, 1.82) is 0 Å². The first-order valence-corrected chi connectivity index (χ1v) is 7.62. The molecular formula is C14H20BrN3. The lowest BCUT2D eigenvalue weighted by molar-refractivity contribution is 0.397. The molecule has 4 atom stereocenters. The highest BCUT2D eigenvalue weighted by atomic mass is 79.9. The van der Waals surface area contributed by atoms with Gasteiger partial charge in [0.25, 0.3) is 0 Å². The van der Waals surface area contributed by atoms with Crippen LogP contribution in [-0.2, 0) is 0 Å². The van der Waals surface area contributed by atoms with Crippen LogP contribution >= 0.6 is 15.9 Å². The molecular weight excluding hydrogens is 290 g/mol. The molecule has 1 aromatic rings. The van der Waals surface area contributed by atoms with E-state index < -0.39 is 0 Å². The third-order valence-electron chi connectivity index (χ3n) is 4.52. The topological polar surface area (TPSA) is 50.9 Å². The number of nitrogens with two attached hydrogens (primary N) is 1. The number of rotatable bonds is 3. The highest BCUT2D eigenvalue weighted by molar-refractivity contribution is 9.10. The van der Waals surface area contributed by atoms with Crippen LogP contribution in [0.3, 0.4) is 0 Å². The third-order valence-corrected chi connectivity index (χ3v) is 4.99. The fourth-order valence-electron chi connectivity index (χ4n) is 3.72. The predicted octanol–water partition coefficient (Wildman–Crippen LogP) is 2.48. The Morgan fingerprint density at radius 1 is 1.39 bits per heavy atom. The molecule has 2 aliphatic rings. The van der Waals surface area contributed by atoms with Crippen LogP contribution < -0.4 is 11.1 Å². The number of hydrogen-bond donors (Lipinski definition) is 2. The molecule has 0 spiro atoms. The largest absolute Gasteiger partial charge is 0.330 e. The quantitative estimate of drug-likeness (QED) is 0.902. The van der Waals surface area contributed by atoms with E-state index >= 15 is 0 Å². The summed E-state index contributed by atoms with van der Waals surface area (Å²) in [6.07, 6.45) is 5.75. The average molecular weight is 310 g/mol. The molecule has 1 aliphatic carbocycles. The molecule has 3 rings (SSSR count). The van der Waals surface area contributed by atoms with Gasteiger partial charge in [0.2, 0.25) is 0 Å². The predicted molar refractivity (Wildman–Crippen MR) is 76.1 cm³/mol. The van der Waals surface area contributed by atoms with E-state index in [1.807, 2.05) is 6.20 Å². The minimum absolute atomic E-state index is 0.450. The second-order valence-corrected chi connectivity index (χ2v) is 6.54. The number of halogens is 1. The van der Waals surface area contributed by atoms with Gasteiger partial charge >= 0.3 is 0 Å². The van der Waals surface area contributed by atoms with Crippen molar-refractivity contribution in [1.82, 2.24) is 10.3 Å². The Morgan fingerprint density at radius 2 is 2.28 bits per heavy atom. The second kappa shape index (κ2) is 5.27. The van der Waals surface area contributed by atoms with Crippen molar-refractivity contribution in [2.45, 2.75) is 25.3 Å². The molecule has 0 aromatic carbocycles. The molecule has 2 heterocycles. The smallest absolute Gasteiger partial charge is 0.0576 e.